The van der Waals surface area contributed by atoms with Gasteiger partial charge in [0.05, 0.1) is 6.20 Å². The standard InChI is InChI=1S/C5H5N2O2/c6-4(8)3-5-7-1-2-9-5/h1-2,6H,3H2. The minimum Gasteiger partial charge on any atom is -0.448 e. The predicted octanol–water partition coefficient (Wildman–Crippen LogP) is 0.0266. The highest BCUT2D eigenvalue weighted by atomic mass is 16.3. The van der Waals surface area contributed by atoms with Gasteiger partial charge in [0.1, 0.15) is 12.7 Å². The summed E-state index contributed by atoms with van der Waals surface area (Å²) in [7, 11) is 0. The van der Waals surface area contributed by atoms with E-state index >= 15 is 0 Å². The molecule has 0 unspecified atom stereocenters. The van der Waals surface area contributed by atoms with Crippen molar-refractivity contribution in [3.05, 3.63) is 18.4 Å². The first-order valence-corrected chi connectivity index (χ1v) is 2.42. The highest BCUT2D eigenvalue weighted by Gasteiger charge is 2.00. The van der Waals surface area contributed by atoms with Crippen molar-refractivity contribution in [2.45, 2.75) is 6.42 Å². The monoisotopic (exact) mass is 125 g/mol. The number of aromatic nitrogens is 1. The van der Waals surface area contributed by atoms with Gasteiger partial charge in [0.15, 0.2) is 0 Å². The summed E-state index contributed by atoms with van der Waals surface area (Å²) in [6.45, 7) is 0. The Labute approximate surface area is 51.7 Å². The summed E-state index contributed by atoms with van der Waals surface area (Å²) in [5.41, 5.74) is 6.52. The van der Waals surface area contributed by atoms with Crippen molar-refractivity contribution in [1.82, 2.24) is 10.7 Å². The summed E-state index contributed by atoms with van der Waals surface area (Å²) in [5.74, 6) is -0.382. The van der Waals surface area contributed by atoms with Gasteiger partial charge in [-0.25, -0.2) is 4.98 Å². The number of nitrogens with zero attached hydrogens (tertiary/aromatic N) is 1. The van der Waals surface area contributed by atoms with Gasteiger partial charge in [-0.15, -0.1) is 0 Å². The maximum atomic E-state index is 10.1. The van der Waals surface area contributed by atoms with E-state index in [1.165, 1.54) is 12.5 Å². The van der Waals surface area contributed by atoms with Crippen LogP contribution in [0.15, 0.2) is 16.9 Å². The van der Waals surface area contributed by atoms with Crippen LogP contribution < -0.4 is 5.73 Å². The summed E-state index contributed by atoms with van der Waals surface area (Å²) in [6.07, 6.45) is 2.78. The number of carbonyl (C=O) groups excluding carboxylic acids is 1. The molecule has 0 aliphatic rings. The minimum absolute atomic E-state index is 0.0347. The van der Waals surface area contributed by atoms with E-state index in [9.17, 15) is 4.79 Å². The van der Waals surface area contributed by atoms with Crippen molar-refractivity contribution in [2.75, 3.05) is 0 Å². The van der Waals surface area contributed by atoms with Crippen LogP contribution in [-0.4, -0.2) is 10.9 Å². The molecule has 0 aromatic carbocycles. The molecule has 0 fully saturated rings. The van der Waals surface area contributed by atoms with Crippen LogP contribution in [0.5, 0.6) is 0 Å². The van der Waals surface area contributed by atoms with E-state index in [1.807, 2.05) is 0 Å². The molecule has 1 radical (unpaired) electrons. The zero-order chi connectivity index (χ0) is 6.69. The van der Waals surface area contributed by atoms with Crippen LogP contribution >= 0.6 is 0 Å². The number of amides is 1. The van der Waals surface area contributed by atoms with E-state index in [4.69, 9.17) is 10.2 Å². The van der Waals surface area contributed by atoms with Gasteiger partial charge in [0, 0.05) is 0 Å². The Morgan fingerprint density at radius 3 is 3.11 bits per heavy atom. The third kappa shape index (κ3) is 1.56. The first-order valence-electron chi connectivity index (χ1n) is 2.42. The fraction of sp³-hybridized carbons (Fsp3) is 0.200. The van der Waals surface area contributed by atoms with E-state index in [1.54, 1.807) is 0 Å². The first kappa shape index (κ1) is 5.81. The molecule has 47 valence electrons. The quantitative estimate of drug-likeness (QED) is 0.559. The number of nitrogens with one attached hydrogen (secondary N) is 1. The Bertz CT molecular complexity index is 193. The van der Waals surface area contributed by atoms with Crippen LogP contribution in [0.2, 0.25) is 0 Å². The highest BCUT2D eigenvalue weighted by molar-refractivity contribution is 5.74. The molecule has 9 heavy (non-hydrogen) atoms. The number of hydrogen-bond acceptors (Lipinski definition) is 3. The second kappa shape index (κ2) is 2.30. The molecule has 1 heterocycles. The number of rotatable bonds is 2. The van der Waals surface area contributed by atoms with Crippen molar-refractivity contribution >= 4 is 5.91 Å². The molecule has 0 bridgehead atoms. The average Bonchev–Trinajstić information content (AvgIpc) is 2.15. The predicted molar refractivity (Wildman–Crippen MR) is 28.3 cm³/mol. The Morgan fingerprint density at radius 2 is 2.67 bits per heavy atom. The zero-order valence-electron chi connectivity index (χ0n) is 4.63. The maximum absolute atomic E-state index is 10.1. The fourth-order valence-corrected chi connectivity index (χ4v) is 0.478. The molecule has 1 aromatic rings. The van der Waals surface area contributed by atoms with Gasteiger partial charge in [0.2, 0.25) is 11.8 Å². The van der Waals surface area contributed by atoms with E-state index < -0.39 is 5.91 Å². The molecule has 0 saturated carbocycles. The van der Waals surface area contributed by atoms with E-state index in [0.717, 1.165) is 0 Å². The van der Waals surface area contributed by atoms with Gasteiger partial charge >= 0.3 is 0 Å². The molecular formula is C5H5N2O2. The van der Waals surface area contributed by atoms with Crippen LogP contribution in [0, 0.1) is 0 Å². The molecule has 1 rings (SSSR count). The molecule has 0 atom stereocenters. The van der Waals surface area contributed by atoms with Crippen LogP contribution in [0.4, 0.5) is 0 Å². The molecule has 1 aromatic heterocycles. The summed E-state index contributed by atoms with van der Waals surface area (Å²) in [4.78, 5) is 13.7. The van der Waals surface area contributed by atoms with Crippen molar-refractivity contribution in [3.8, 4) is 0 Å². The lowest BCUT2D eigenvalue weighted by atomic mass is 10.4. The Hall–Kier alpha value is -1.32. The Kier molecular flexibility index (Phi) is 1.48. The van der Waals surface area contributed by atoms with Gasteiger partial charge in [-0.3, -0.25) is 10.5 Å². The van der Waals surface area contributed by atoms with Gasteiger partial charge in [-0.1, -0.05) is 0 Å². The molecule has 0 aliphatic carbocycles. The van der Waals surface area contributed by atoms with Crippen LogP contribution in [0.25, 0.3) is 0 Å². The summed E-state index contributed by atoms with van der Waals surface area (Å²) in [5, 5.41) is 0. The second-order valence-electron chi connectivity index (χ2n) is 1.53. The van der Waals surface area contributed by atoms with E-state index in [-0.39, 0.29) is 6.42 Å². The summed E-state index contributed by atoms with van der Waals surface area (Å²) in [6, 6.07) is 0. The Balaban J connectivity index is 2.58. The largest absolute Gasteiger partial charge is 0.448 e. The molecule has 4 heteroatoms. The summed E-state index contributed by atoms with van der Waals surface area (Å²) < 4.78 is 4.69. The van der Waals surface area contributed by atoms with E-state index in [0.29, 0.717) is 5.89 Å². The second-order valence-corrected chi connectivity index (χ2v) is 1.53. The lowest BCUT2D eigenvalue weighted by Gasteiger charge is -1.83. The van der Waals surface area contributed by atoms with Crippen molar-refractivity contribution < 1.29 is 9.21 Å². The van der Waals surface area contributed by atoms with Crippen molar-refractivity contribution in [2.24, 2.45) is 0 Å². The zero-order valence-corrected chi connectivity index (χ0v) is 4.63. The van der Waals surface area contributed by atoms with Crippen LogP contribution in [0.1, 0.15) is 5.89 Å². The fourth-order valence-electron chi connectivity index (χ4n) is 0.478. The lowest BCUT2D eigenvalue weighted by molar-refractivity contribution is -0.118. The molecule has 0 aliphatic heterocycles. The first-order chi connectivity index (χ1) is 4.29. The molecule has 0 saturated heterocycles. The van der Waals surface area contributed by atoms with Crippen molar-refractivity contribution in [3.63, 3.8) is 0 Å². The van der Waals surface area contributed by atoms with Crippen LogP contribution in [-0.2, 0) is 11.2 Å². The van der Waals surface area contributed by atoms with Crippen molar-refractivity contribution in [1.29, 1.82) is 0 Å². The Morgan fingerprint density at radius 1 is 1.89 bits per heavy atom. The third-order valence-electron chi connectivity index (χ3n) is 0.795. The minimum atomic E-state index is -0.683. The maximum Gasteiger partial charge on any atom is 0.247 e. The summed E-state index contributed by atoms with van der Waals surface area (Å²) >= 11 is 0. The van der Waals surface area contributed by atoms with Gasteiger partial charge < -0.3 is 4.42 Å². The average molecular weight is 125 g/mol. The lowest BCUT2D eigenvalue weighted by Crippen LogP contribution is -2.01. The molecule has 0 spiro atoms. The number of oxazole rings is 1. The molecule has 4 nitrogen and oxygen atoms in total. The van der Waals surface area contributed by atoms with Crippen LogP contribution in [0.3, 0.4) is 0 Å². The third-order valence-corrected chi connectivity index (χ3v) is 0.795. The SMILES string of the molecule is [NH]C(=O)Cc1ncco1. The van der Waals surface area contributed by atoms with Gasteiger partial charge in [-0.05, 0) is 0 Å². The number of carbonyl (C=O) groups is 1. The van der Waals surface area contributed by atoms with Gasteiger partial charge in [0.25, 0.3) is 0 Å². The molecule has 1 N–H and O–H groups in total. The normalized spacial score (nSPS) is 9.33. The molecule has 1 amide bonds. The highest BCUT2D eigenvalue weighted by Crippen LogP contribution is 1.93. The number of hydrogen-bond donors (Lipinski definition) is 0. The topological polar surface area (TPSA) is 66.9 Å². The van der Waals surface area contributed by atoms with E-state index in [2.05, 4.69) is 4.98 Å². The molecular weight excluding hydrogens is 120 g/mol. The van der Waals surface area contributed by atoms with Gasteiger partial charge in [-0.2, -0.15) is 0 Å². The smallest absolute Gasteiger partial charge is 0.247 e.